The van der Waals surface area contributed by atoms with Gasteiger partial charge < -0.3 is 9.64 Å². The molecule has 1 amide bonds. The van der Waals surface area contributed by atoms with Crippen LogP contribution in [0.25, 0.3) is 0 Å². The minimum atomic E-state index is 0.315. The fraction of sp³-hybridized carbons (Fsp3) is 0.933. The maximum absolute atomic E-state index is 12.5. The van der Waals surface area contributed by atoms with Crippen molar-refractivity contribution >= 4 is 5.91 Å². The molecule has 2 aliphatic rings. The van der Waals surface area contributed by atoms with E-state index in [1.165, 1.54) is 6.42 Å². The molecule has 0 aromatic rings. The number of nitrogens with zero attached hydrogens (tertiary/aromatic N) is 2. The first kappa shape index (κ1) is 14.8. The van der Waals surface area contributed by atoms with Gasteiger partial charge in [0.25, 0.3) is 0 Å². The van der Waals surface area contributed by atoms with Crippen molar-refractivity contribution in [2.45, 2.75) is 64.1 Å². The van der Waals surface area contributed by atoms with Crippen molar-refractivity contribution < 1.29 is 9.53 Å². The SMILES string of the molecule is COC1CCN(CC(=O)N2[C@H](C)CCC[C@@H]2C)CC1. The van der Waals surface area contributed by atoms with Crippen molar-refractivity contribution in [3.05, 3.63) is 0 Å². The highest BCUT2D eigenvalue weighted by Gasteiger charge is 2.30. The van der Waals surface area contributed by atoms with Gasteiger partial charge in [-0.2, -0.15) is 0 Å². The molecule has 0 radical (unpaired) electrons. The van der Waals surface area contributed by atoms with Crippen LogP contribution in [0.15, 0.2) is 0 Å². The van der Waals surface area contributed by atoms with Crippen molar-refractivity contribution in [2.75, 3.05) is 26.7 Å². The third-order valence-electron chi connectivity index (χ3n) is 4.71. The highest BCUT2D eigenvalue weighted by atomic mass is 16.5. The van der Waals surface area contributed by atoms with E-state index in [1.54, 1.807) is 7.11 Å². The molecule has 0 spiro atoms. The zero-order chi connectivity index (χ0) is 13.8. The maximum atomic E-state index is 12.5. The van der Waals surface area contributed by atoms with E-state index in [-0.39, 0.29) is 0 Å². The van der Waals surface area contributed by atoms with E-state index in [9.17, 15) is 4.79 Å². The fourth-order valence-corrected chi connectivity index (χ4v) is 3.49. The Morgan fingerprint density at radius 1 is 1.11 bits per heavy atom. The summed E-state index contributed by atoms with van der Waals surface area (Å²) in [7, 11) is 1.78. The van der Waals surface area contributed by atoms with Crippen LogP contribution < -0.4 is 0 Å². The lowest BCUT2D eigenvalue weighted by Gasteiger charge is -2.41. The summed E-state index contributed by atoms with van der Waals surface area (Å²) in [5.41, 5.74) is 0. The molecule has 19 heavy (non-hydrogen) atoms. The van der Waals surface area contributed by atoms with Crippen LogP contribution >= 0.6 is 0 Å². The molecule has 0 unspecified atom stereocenters. The van der Waals surface area contributed by atoms with Crippen molar-refractivity contribution in [2.24, 2.45) is 0 Å². The number of methoxy groups -OCH3 is 1. The van der Waals surface area contributed by atoms with Gasteiger partial charge in [0.2, 0.25) is 5.91 Å². The smallest absolute Gasteiger partial charge is 0.237 e. The normalized spacial score (nSPS) is 30.6. The summed E-state index contributed by atoms with van der Waals surface area (Å²) in [5, 5.41) is 0. The van der Waals surface area contributed by atoms with Crippen LogP contribution in [-0.4, -0.2) is 60.6 Å². The molecular weight excluding hydrogens is 240 g/mol. The maximum Gasteiger partial charge on any atom is 0.237 e. The third-order valence-corrected chi connectivity index (χ3v) is 4.71. The monoisotopic (exact) mass is 268 g/mol. The number of carbonyl (C=O) groups is 1. The minimum Gasteiger partial charge on any atom is -0.381 e. The van der Waals surface area contributed by atoms with Gasteiger partial charge >= 0.3 is 0 Å². The van der Waals surface area contributed by atoms with Crippen molar-refractivity contribution in [3.63, 3.8) is 0 Å². The molecule has 4 nitrogen and oxygen atoms in total. The summed E-state index contributed by atoms with van der Waals surface area (Å²) in [6.45, 7) is 6.93. The van der Waals surface area contributed by atoms with Gasteiger partial charge in [0, 0.05) is 32.3 Å². The quantitative estimate of drug-likeness (QED) is 0.783. The molecule has 2 heterocycles. The molecule has 2 atom stereocenters. The van der Waals surface area contributed by atoms with Gasteiger partial charge in [0.15, 0.2) is 0 Å². The van der Waals surface area contributed by atoms with Crippen LogP contribution in [0.1, 0.15) is 46.0 Å². The lowest BCUT2D eigenvalue weighted by Crippen LogP contribution is -2.52. The lowest BCUT2D eigenvalue weighted by molar-refractivity contribution is -0.139. The van der Waals surface area contributed by atoms with E-state index in [0.717, 1.165) is 38.8 Å². The topological polar surface area (TPSA) is 32.8 Å². The molecule has 0 N–H and O–H groups in total. The molecule has 2 saturated heterocycles. The fourth-order valence-electron chi connectivity index (χ4n) is 3.49. The predicted octanol–water partition coefficient (Wildman–Crippen LogP) is 1.89. The van der Waals surface area contributed by atoms with E-state index < -0.39 is 0 Å². The summed E-state index contributed by atoms with van der Waals surface area (Å²) in [4.78, 5) is 16.9. The zero-order valence-electron chi connectivity index (χ0n) is 12.6. The molecule has 2 rings (SSSR count). The molecule has 2 fully saturated rings. The molecule has 0 saturated carbocycles. The van der Waals surface area contributed by atoms with Gasteiger partial charge in [-0.25, -0.2) is 0 Å². The van der Waals surface area contributed by atoms with Crippen molar-refractivity contribution in [1.82, 2.24) is 9.80 Å². The standard InChI is InChI=1S/C15H28N2O2/c1-12-5-4-6-13(2)17(12)15(18)11-16-9-7-14(19-3)8-10-16/h12-14H,4-11H2,1-3H3/t12-,13+. The first-order valence-electron chi connectivity index (χ1n) is 7.68. The van der Waals surface area contributed by atoms with Crippen LogP contribution in [-0.2, 0) is 9.53 Å². The second-order valence-corrected chi connectivity index (χ2v) is 6.14. The number of hydrogen-bond acceptors (Lipinski definition) is 3. The molecule has 4 heteroatoms. The summed E-state index contributed by atoms with van der Waals surface area (Å²) in [6.07, 6.45) is 6.05. The number of piperidine rings is 2. The molecule has 0 aromatic heterocycles. The van der Waals surface area contributed by atoms with Gasteiger partial charge in [-0.15, -0.1) is 0 Å². The van der Waals surface area contributed by atoms with E-state index in [4.69, 9.17) is 4.74 Å². The number of ether oxygens (including phenoxy) is 1. The van der Waals surface area contributed by atoms with Gasteiger partial charge in [-0.05, 0) is 46.0 Å². The van der Waals surface area contributed by atoms with E-state index in [1.807, 2.05) is 0 Å². The number of amides is 1. The first-order chi connectivity index (χ1) is 9.11. The van der Waals surface area contributed by atoms with Gasteiger partial charge in [0.05, 0.1) is 12.6 Å². The number of hydrogen-bond donors (Lipinski definition) is 0. The van der Waals surface area contributed by atoms with Crippen LogP contribution in [0, 0.1) is 0 Å². The average Bonchev–Trinajstić information content (AvgIpc) is 2.39. The Bertz CT molecular complexity index is 291. The second kappa shape index (κ2) is 6.71. The number of rotatable bonds is 3. The minimum absolute atomic E-state index is 0.315. The van der Waals surface area contributed by atoms with Crippen molar-refractivity contribution in [3.8, 4) is 0 Å². The third kappa shape index (κ3) is 3.69. The molecule has 0 aromatic carbocycles. The summed E-state index contributed by atoms with van der Waals surface area (Å²) in [6, 6.07) is 0.820. The Hall–Kier alpha value is -0.610. The Kier molecular flexibility index (Phi) is 5.22. The largest absolute Gasteiger partial charge is 0.381 e. The molecular formula is C15H28N2O2. The molecule has 0 aliphatic carbocycles. The highest BCUT2D eigenvalue weighted by molar-refractivity contribution is 5.79. The summed E-state index contributed by atoms with van der Waals surface area (Å²) < 4.78 is 5.37. The van der Waals surface area contributed by atoms with E-state index in [2.05, 4.69) is 23.6 Å². The van der Waals surface area contributed by atoms with E-state index in [0.29, 0.717) is 30.6 Å². The molecule has 2 aliphatic heterocycles. The van der Waals surface area contributed by atoms with Crippen LogP contribution in [0.2, 0.25) is 0 Å². The van der Waals surface area contributed by atoms with Gasteiger partial charge in [0.1, 0.15) is 0 Å². The average molecular weight is 268 g/mol. The number of likely N-dealkylation sites (tertiary alicyclic amines) is 2. The Morgan fingerprint density at radius 2 is 1.68 bits per heavy atom. The molecule has 110 valence electrons. The van der Waals surface area contributed by atoms with Crippen LogP contribution in [0.3, 0.4) is 0 Å². The second-order valence-electron chi connectivity index (χ2n) is 6.14. The Morgan fingerprint density at radius 3 is 2.21 bits per heavy atom. The lowest BCUT2D eigenvalue weighted by atomic mass is 9.97. The Labute approximate surface area is 117 Å². The van der Waals surface area contributed by atoms with Gasteiger partial charge in [-0.3, -0.25) is 9.69 Å². The van der Waals surface area contributed by atoms with Crippen molar-refractivity contribution in [1.29, 1.82) is 0 Å². The first-order valence-corrected chi connectivity index (χ1v) is 7.68. The number of carbonyl (C=O) groups excluding carboxylic acids is 1. The zero-order valence-corrected chi connectivity index (χ0v) is 12.6. The summed E-state index contributed by atoms with van der Waals surface area (Å²) in [5.74, 6) is 0.315. The molecule has 0 bridgehead atoms. The van der Waals surface area contributed by atoms with Crippen LogP contribution in [0.4, 0.5) is 0 Å². The van der Waals surface area contributed by atoms with Crippen LogP contribution in [0.5, 0.6) is 0 Å². The summed E-state index contributed by atoms with van der Waals surface area (Å²) >= 11 is 0. The van der Waals surface area contributed by atoms with Gasteiger partial charge in [-0.1, -0.05) is 0 Å². The van der Waals surface area contributed by atoms with E-state index >= 15 is 0 Å². The predicted molar refractivity (Wildman–Crippen MR) is 76.1 cm³/mol. The highest BCUT2D eigenvalue weighted by Crippen LogP contribution is 2.23. The Balaban J connectivity index is 1.83.